The molecule has 3 aromatic rings. The highest BCUT2D eigenvalue weighted by molar-refractivity contribution is 7.89. The summed E-state index contributed by atoms with van der Waals surface area (Å²) in [5, 5.41) is 5.13. The second-order valence-electron chi connectivity index (χ2n) is 7.55. The van der Waals surface area contributed by atoms with Gasteiger partial charge in [0.15, 0.2) is 0 Å². The lowest BCUT2D eigenvalue weighted by atomic mass is 10.2. The maximum atomic E-state index is 12.7. The molecule has 1 aromatic carbocycles. The molecule has 0 atom stereocenters. The van der Waals surface area contributed by atoms with Gasteiger partial charge in [0.05, 0.1) is 5.75 Å². The zero-order chi connectivity index (χ0) is 22.6. The Morgan fingerprint density at radius 2 is 1.84 bits per heavy atom. The summed E-state index contributed by atoms with van der Waals surface area (Å²) in [7, 11) is -3.45. The van der Waals surface area contributed by atoms with Crippen molar-refractivity contribution in [3.05, 3.63) is 65.3 Å². The summed E-state index contributed by atoms with van der Waals surface area (Å²) in [5.74, 6) is 0.344. The van der Waals surface area contributed by atoms with E-state index in [2.05, 4.69) is 20.2 Å². The van der Waals surface area contributed by atoms with Crippen molar-refractivity contribution in [1.82, 2.24) is 19.6 Å². The summed E-state index contributed by atoms with van der Waals surface area (Å²) in [4.78, 5) is 23.2. The second-order valence-corrected chi connectivity index (χ2v) is 10.5. The van der Waals surface area contributed by atoms with E-state index in [1.807, 2.05) is 49.4 Å². The van der Waals surface area contributed by atoms with E-state index in [0.717, 1.165) is 22.0 Å². The molecule has 8 nitrogen and oxygen atoms in total. The van der Waals surface area contributed by atoms with Crippen molar-refractivity contribution >= 4 is 33.1 Å². The van der Waals surface area contributed by atoms with Crippen LogP contribution in [0.25, 0.3) is 10.6 Å². The lowest BCUT2D eigenvalue weighted by Gasteiger charge is -2.34. The maximum Gasteiger partial charge on any atom is 0.270 e. The van der Waals surface area contributed by atoms with Crippen LogP contribution < -0.4 is 10.2 Å². The van der Waals surface area contributed by atoms with Gasteiger partial charge >= 0.3 is 0 Å². The summed E-state index contributed by atoms with van der Waals surface area (Å²) >= 11 is 1.39. The van der Waals surface area contributed by atoms with Crippen LogP contribution in [-0.2, 0) is 10.0 Å². The molecule has 0 bridgehead atoms. The first-order valence-corrected chi connectivity index (χ1v) is 12.9. The third-order valence-electron chi connectivity index (χ3n) is 5.29. The van der Waals surface area contributed by atoms with E-state index in [-0.39, 0.29) is 18.2 Å². The molecule has 0 radical (unpaired) electrons. The SMILES string of the molecule is Cc1ccc(-c2nc(C(=O)NCCS(=O)(=O)N3CCN(c4ccccn4)CC3)cs2)cc1. The number of pyridine rings is 1. The van der Waals surface area contributed by atoms with Crippen LogP contribution in [0.5, 0.6) is 0 Å². The van der Waals surface area contributed by atoms with Gasteiger partial charge in [-0.1, -0.05) is 35.9 Å². The largest absolute Gasteiger partial charge is 0.354 e. The van der Waals surface area contributed by atoms with Gasteiger partial charge in [-0.3, -0.25) is 4.79 Å². The molecule has 1 aliphatic heterocycles. The number of aryl methyl sites for hydroxylation is 1. The Morgan fingerprint density at radius 1 is 1.09 bits per heavy atom. The van der Waals surface area contributed by atoms with Gasteiger partial charge in [-0.2, -0.15) is 4.31 Å². The first kappa shape index (κ1) is 22.4. The molecule has 1 aliphatic rings. The van der Waals surface area contributed by atoms with Crippen molar-refractivity contribution in [3.8, 4) is 10.6 Å². The number of anilines is 1. The Morgan fingerprint density at radius 3 is 2.53 bits per heavy atom. The van der Waals surface area contributed by atoms with Gasteiger partial charge in [0.25, 0.3) is 5.91 Å². The maximum absolute atomic E-state index is 12.7. The topological polar surface area (TPSA) is 95.5 Å². The molecule has 0 saturated carbocycles. The first-order valence-electron chi connectivity index (χ1n) is 10.4. The van der Waals surface area contributed by atoms with E-state index in [1.54, 1.807) is 11.6 Å². The minimum Gasteiger partial charge on any atom is -0.354 e. The molecule has 0 aliphatic carbocycles. The Labute approximate surface area is 192 Å². The first-order chi connectivity index (χ1) is 15.4. The number of carbonyl (C=O) groups excluding carboxylic acids is 1. The van der Waals surface area contributed by atoms with Gasteiger partial charge < -0.3 is 10.2 Å². The van der Waals surface area contributed by atoms with E-state index in [9.17, 15) is 13.2 Å². The number of amides is 1. The standard InChI is InChI=1S/C22H25N5O3S2/c1-17-5-7-18(8-6-17)22-25-19(16-31-22)21(28)24-10-15-32(29,30)27-13-11-26(12-14-27)20-4-2-3-9-23-20/h2-9,16H,10-15H2,1H3,(H,24,28). The number of benzene rings is 1. The van der Waals surface area contributed by atoms with Crippen LogP contribution in [0.2, 0.25) is 0 Å². The van der Waals surface area contributed by atoms with Crippen molar-refractivity contribution in [3.63, 3.8) is 0 Å². The van der Waals surface area contributed by atoms with E-state index in [1.165, 1.54) is 15.6 Å². The van der Waals surface area contributed by atoms with Crippen LogP contribution in [0.4, 0.5) is 5.82 Å². The number of rotatable bonds is 7. The summed E-state index contributed by atoms with van der Waals surface area (Å²) in [6, 6.07) is 13.6. The smallest absolute Gasteiger partial charge is 0.270 e. The molecule has 4 rings (SSSR count). The number of piperazine rings is 1. The van der Waals surface area contributed by atoms with Crippen molar-refractivity contribution in [2.24, 2.45) is 0 Å². The number of nitrogens with zero attached hydrogens (tertiary/aromatic N) is 4. The van der Waals surface area contributed by atoms with E-state index < -0.39 is 10.0 Å². The Bertz CT molecular complexity index is 1160. The molecule has 168 valence electrons. The fourth-order valence-electron chi connectivity index (χ4n) is 3.46. The summed E-state index contributed by atoms with van der Waals surface area (Å²) in [5.41, 5.74) is 2.40. The van der Waals surface area contributed by atoms with Gasteiger partial charge in [-0.15, -0.1) is 11.3 Å². The lowest BCUT2D eigenvalue weighted by Crippen LogP contribution is -2.50. The minimum atomic E-state index is -3.45. The van der Waals surface area contributed by atoms with Gasteiger partial charge in [0.1, 0.15) is 16.5 Å². The van der Waals surface area contributed by atoms with Crippen molar-refractivity contribution in [1.29, 1.82) is 0 Å². The molecule has 0 spiro atoms. The third-order valence-corrected chi connectivity index (χ3v) is 8.05. The molecule has 1 saturated heterocycles. The minimum absolute atomic E-state index is 0.0407. The summed E-state index contributed by atoms with van der Waals surface area (Å²) in [6.07, 6.45) is 1.73. The highest BCUT2D eigenvalue weighted by atomic mass is 32.2. The van der Waals surface area contributed by atoms with Gasteiger partial charge in [-0.05, 0) is 19.1 Å². The number of thiazole rings is 1. The number of hydrogen-bond acceptors (Lipinski definition) is 7. The molecule has 0 unspecified atom stereocenters. The molecule has 2 aromatic heterocycles. The zero-order valence-electron chi connectivity index (χ0n) is 17.8. The second kappa shape index (κ2) is 9.76. The fraction of sp³-hybridized carbons (Fsp3) is 0.318. The van der Waals surface area contributed by atoms with Crippen molar-refractivity contribution in [2.75, 3.05) is 43.4 Å². The van der Waals surface area contributed by atoms with Crippen LogP contribution in [0.1, 0.15) is 16.1 Å². The summed E-state index contributed by atoms with van der Waals surface area (Å²) in [6.45, 7) is 4.03. The average Bonchev–Trinajstić information content (AvgIpc) is 3.30. The number of carbonyl (C=O) groups is 1. The number of nitrogens with one attached hydrogen (secondary N) is 1. The van der Waals surface area contributed by atoms with Crippen LogP contribution >= 0.6 is 11.3 Å². The van der Waals surface area contributed by atoms with E-state index >= 15 is 0 Å². The normalized spacial score (nSPS) is 15.0. The highest BCUT2D eigenvalue weighted by Gasteiger charge is 2.27. The molecule has 10 heteroatoms. The fourth-order valence-corrected chi connectivity index (χ4v) is 5.60. The van der Waals surface area contributed by atoms with Crippen LogP contribution in [0.3, 0.4) is 0 Å². The highest BCUT2D eigenvalue weighted by Crippen LogP contribution is 2.24. The third kappa shape index (κ3) is 5.32. The monoisotopic (exact) mass is 471 g/mol. The molecule has 32 heavy (non-hydrogen) atoms. The molecule has 3 heterocycles. The summed E-state index contributed by atoms with van der Waals surface area (Å²) < 4.78 is 26.9. The average molecular weight is 472 g/mol. The van der Waals surface area contributed by atoms with Crippen LogP contribution in [0.15, 0.2) is 54.0 Å². The predicted molar refractivity (Wildman–Crippen MR) is 126 cm³/mol. The Hall–Kier alpha value is -2.82. The van der Waals surface area contributed by atoms with Crippen molar-refractivity contribution in [2.45, 2.75) is 6.92 Å². The number of aromatic nitrogens is 2. The van der Waals surface area contributed by atoms with Crippen molar-refractivity contribution < 1.29 is 13.2 Å². The molecular formula is C22H25N5O3S2. The van der Waals surface area contributed by atoms with Crippen LogP contribution in [0, 0.1) is 6.92 Å². The molecular weight excluding hydrogens is 446 g/mol. The van der Waals surface area contributed by atoms with Gasteiger partial charge in [0.2, 0.25) is 10.0 Å². The molecule has 1 amide bonds. The number of hydrogen-bond donors (Lipinski definition) is 1. The Kier molecular flexibility index (Phi) is 6.83. The lowest BCUT2D eigenvalue weighted by molar-refractivity contribution is 0.0952. The van der Waals surface area contributed by atoms with Crippen LogP contribution in [-0.4, -0.2) is 67.1 Å². The zero-order valence-corrected chi connectivity index (χ0v) is 19.4. The van der Waals surface area contributed by atoms with Gasteiger partial charge in [-0.25, -0.2) is 18.4 Å². The van der Waals surface area contributed by atoms with E-state index in [0.29, 0.717) is 31.9 Å². The molecule has 1 N–H and O–H groups in total. The van der Waals surface area contributed by atoms with E-state index in [4.69, 9.17) is 0 Å². The predicted octanol–water partition coefficient (Wildman–Crippen LogP) is 2.40. The Balaban J connectivity index is 1.27. The quantitative estimate of drug-likeness (QED) is 0.569. The molecule has 1 fully saturated rings. The number of sulfonamides is 1. The van der Waals surface area contributed by atoms with Gasteiger partial charge in [0, 0.05) is 49.9 Å².